The Balaban J connectivity index is 1.57. The summed E-state index contributed by atoms with van der Waals surface area (Å²) in [4.78, 5) is 17.2. The van der Waals surface area contributed by atoms with E-state index in [1.165, 1.54) is 107 Å². The third-order valence-corrected chi connectivity index (χ3v) is 9.31. The van der Waals surface area contributed by atoms with E-state index in [0.29, 0.717) is 15.5 Å². The lowest BCUT2D eigenvalue weighted by molar-refractivity contribution is -0.120. The second-order valence-corrected chi connectivity index (χ2v) is 12.6. The standard InChI is InChI=1S/C28H44N2O3S3/c1-3-4-5-6-7-8-9-10-11-12-13-14-15-16-17-34-25-19-24(32)26(20-23(25)31)36-28-30-22(21-35-28)18-27(33)29-2/h19-21,31-32H,3-18H2,1-2H3,(H,29,33). The van der Waals surface area contributed by atoms with E-state index in [9.17, 15) is 15.0 Å². The van der Waals surface area contributed by atoms with Crippen LogP contribution in [-0.2, 0) is 11.2 Å². The van der Waals surface area contributed by atoms with E-state index in [1.54, 1.807) is 30.9 Å². The summed E-state index contributed by atoms with van der Waals surface area (Å²) >= 11 is 4.32. The van der Waals surface area contributed by atoms with Gasteiger partial charge in [0.2, 0.25) is 5.91 Å². The van der Waals surface area contributed by atoms with Gasteiger partial charge in [-0.15, -0.1) is 23.1 Å². The molecule has 0 bridgehead atoms. The maximum atomic E-state index is 11.5. The zero-order chi connectivity index (χ0) is 26.0. The summed E-state index contributed by atoms with van der Waals surface area (Å²) in [6.45, 7) is 2.27. The predicted octanol–water partition coefficient (Wildman–Crippen LogP) is 8.57. The van der Waals surface area contributed by atoms with Crippen LogP contribution in [0.4, 0.5) is 0 Å². The molecule has 5 nitrogen and oxygen atoms in total. The third kappa shape index (κ3) is 12.7. The number of unbranched alkanes of at least 4 members (excludes halogenated alkanes) is 13. The number of phenolic OH excluding ortho intramolecular Hbond substituents is 2. The molecule has 0 aliphatic heterocycles. The minimum Gasteiger partial charge on any atom is -0.507 e. The molecule has 1 heterocycles. The second kappa shape index (κ2) is 18.8. The number of likely N-dealkylation sites (N-methyl/N-ethyl adjacent to an activating group) is 1. The summed E-state index contributed by atoms with van der Waals surface area (Å²) in [5.74, 6) is 1.18. The maximum absolute atomic E-state index is 11.5. The lowest BCUT2D eigenvalue weighted by Crippen LogP contribution is -2.19. The largest absolute Gasteiger partial charge is 0.507 e. The van der Waals surface area contributed by atoms with Gasteiger partial charge in [0.25, 0.3) is 0 Å². The molecule has 1 amide bonds. The van der Waals surface area contributed by atoms with Crippen LogP contribution in [0.1, 0.15) is 103 Å². The number of aromatic nitrogens is 1. The first-order valence-corrected chi connectivity index (χ1v) is 16.2. The Morgan fingerprint density at radius 1 is 0.861 bits per heavy atom. The van der Waals surface area contributed by atoms with E-state index in [1.807, 2.05) is 5.38 Å². The van der Waals surface area contributed by atoms with E-state index in [2.05, 4.69) is 17.2 Å². The SMILES string of the molecule is CCCCCCCCCCCCCCCCSc1cc(O)c(Sc2nc(CC(=O)NC)cs2)cc1O. The van der Waals surface area contributed by atoms with E-state index >= 15 is 0 Å². The fourth-order valence-electron chi connectivity index (χ4n) is 3.98. The van der Waals surface area contributed by atoms with E-state index < -0.39 is 0 Å². The number of rotatable bonds is 20. The number of hydrogen-bond acceptors (Lipinski definition) is 7. The van der Waals surface area contributed by atoms with Crippen molar-refractivity contribution in [1.29, 1.82) is 0 Å². The number of thioether (sulfide) groups is 1. The topological polar surface area (TPSA) is 82.5 Å². The van der Waals surface area contributed by atoms with Crippen molar-refractivity contribution in [3.8, 4) is 11.5 Å². The van der Waals surface area contributed by atoms with Gasteiger partial charge in [-0.25, -0.2) is 4.98 Å². The van der Waals surface area contributed by atoms with Gasteiger partial charge in [-0.2, -0.15) is 0 Å². The average Bonchev–Trinajstić information content (AvgIpc) is 3.30. The van der Waals surface area contributed by atoms with E-state index in [4.69, 9.17) is 0 Å². The first-order valence-electron chi connectivity index (χ1n) is 13.5. The van der Waals surface area contributed by atoms with E-state index in [0.717, 1.165) is 16.5 Å². The highest BCUT2D eigenvalue weighted by Gasteiger charge is 2.13. The number of amides is 1. The van der Waals surface area contributed by atoms with Crippen molar-refractivity contribution >= 4 is 40.8 Å². The number of thiazole rings is 1. The number of carbonyl (C=O) groups is 1. The molecule has 0 atom stereocenters. The number of carbonyl (C=O) groups excluding carboxylic acids is 1. The van der Waals surface area contributed by atoms with Crippen LogP contribution >= 0.6 is 34.9 Å². The van der Waals surface area contributed by atoms with Gasteiger partial charge in [0.15, 0.2) is 4.34 Å². The smallest absolute Gasteiger partial charge is 0.225 e. The van der Waals surface area contributed by atoms with Crippen LogP contribution in [0.15, 0.2) is 31.6 Å². The van der Waals surface area contributed by atoms with Crippen molar-refractivity contribution < 1.29 is 15.0 Å². The zero-order valence-electron chi connectivity index (χ0n) is 22.0. The van der Waals surface area contributed by atoms with Crippen molar-refractivity contribution in [2.45, 2.75) is 117 Å². The molecule has 202 valence electrons. The number of phenols is 2. The summed E-state index contributed by atoms with van der Waals surface area (Å²) in [6, 6.07) is 3.25. The van der Waals surface area contributed by atoms with Crippen LogP contribution in [0.5, 0.6) is 11.5 Å². The fourth-order valence-corrected chi connectivity index (χ4v) is 6.78. The van der Waals surface area contributed by atoms with Gasteiger partial charge >= 0.3 is 0 Å². The lowest BCUT2D eigenvalue weighted by Gasteiger charge is -2.09. The molecular weight excluding hydrogens is 509 g/mol. The van der Waals surface area contributed by atoms with Crippen LogP contribution in [0.2, 0.25) is 0 Å². The average molecular weight is 553 g/mol. The van der Waals surface area contributed by atoms with Crippen LogP contribution in [0, 0.1) is 0 Å². The summed E-state index contributed by atoms with van der Waals surface area (Å²) in [7, 11) is 1.60. The molecule has 0 radical (unpaired) electrons. The number of nitrogens with zero attached hydrogens (tertiary/aromatic N) is 1. The second-order valence-electron chi connectivity index (χ2n) is 9.29. The Bertz CT molecular complexity index is 889. The van der Waals surface area contributed by atoms with Gasteiger partial charge < -0.3 is 15.5 Å². The first-order chi connectivity index (χ1) is 17.5. The fraction of sp³-hybridized carbons (Fsp3) is 0.643. The van der Waals surface area contributed by atoms with Crippen molar-refractivity contribution in [3.63, 3.8) is 0 Å². The number of hydrogen-bond donors (Lipinski definition) is 3. The van der Waals surface area contributed by atoms with Gasteiger partial charge in [-0.1, -0.05) is 102 Å². The normalized spacial score (nSPS) is 11.2. The maximum Gasteiger partial charge on any atom is 0.225 e. The number of aromatic hydroxyl groups is 2. The van der Waals surface area contributed by atoms with Crippen LogP contribution in [0.3, 0.4) is 0 Å². The molecule has 0 aliphatic rings. The highest BCUT2D eigenvalue weighted by Crippen LogP contribution is 2.42. The van der Waals surface area contributed by atoms with Gasteiger partial charge in [0.05, 0.1) is 21.9 Å². The van der Waals surface area contributed by atoms with Crippen molar-refractivity contribution in [2.75, 3.05) is 12.8 Å². The molecule has 0 unspecified atom stereocenters. The van der Waals surface area contributed by atoms with Crippen LogP contribution < -0.4 is 5.32 Å². The van der Waals surface area contributed by atoms with Crippen LogP contribution in [-0.4, -0.2) is 33.9 Å². The van der Waals surface area contributed by atoms with E-state index in [-0.39, 0.29) is 23.8 Å². The summed E-state index contributed by atoms with van der Waals surface area (Å²) in [6.07, 6.45) is 19.1. The molecule has 0 spiro atoms. The monoisotopic (exact) mass is 552 g/mol. The third-order valence-electron chi connectivity index (χ3n) is 6.14. The van der Waals surface area contributed by atoms with Crippen LogP contribution in [0.25, 0.3) is 0 Å². The highest BCUT2D eigenvalue weighted by molar-refractivity contribution is 8.01. The Kier molecular flexibility index (Phi) is 16.1. The molecule has 2 aromatic rings. The molecule has 36 heavy (non-hydrogen) atoms. The lowest BCUT2D eigenvalue weighted by atomic mass is 10.0. The first kappa shape index (κ1) is 30.8. The molecule has 2 rings (SSSR count). The van der Waals surface area contributed by atoms with Gasteiger partial charge in [-0.3, -0.25) is 4.79 Å². The Hall–Kier alpha value is -1.38. The molecule has 0 saturated heterocycles. The molecule has 0 saturated carbocycles. The Morgan fingerprint density at radius 2 is 1.39 bits per heavy atom. The molecule has 8 heteroatoms. The van der Waals surface area contributed by atoms with Gasteiger partial charge in [-0.05, 0) is 24.3 Å². The van der Waals surface area contributed by atoms with Crippen molar-refractivity contribution in [2.24, 2.45) is 0 Å². The summed E-state index contributed by atoms with van der Waals surface area (Å²) < 4.78 is 0.728. The minimum atomic E-state index is -0.0856. The Morgan fingerprint density at radius 3 is 1.97 bits per heavy atom. The molecule has 1 aromatic heterocycles. The predicted molar refractivity (Wildman–Crippen MR) is 155 cm³/mol. The molecule has 3 N–H and O–H groups in total. The zero-order valence-corrected chi connectivity index (χ0v) is 24.5. The van der Waals surface area contributed by atoms with Gasteiger partial charge in [0, 0.05) is 12.4 Å². The minimum absolute atomic E-state index is 0.0856. The molecule has 0 fully saturated rings. The molecular formula is C28H44N2O3S3. The number of benzene rings is 1. The molecule has 0 aliphatic carbocycles. The summed E-state index contributed by atoms with van der Waals surface area (Å²) in [5, 5.41) is 25.3. The van der Waals surface area contributed by atoms with Crippen molar-refractivity contribution in [3.05, 3.63) is 23.2 Å². The summed E-state index contributed by atoms with van der Waals surface area (Å²) in [5.41, 5.74) is 0.700. The highest BCUT2D eigenvalue weighted by atomic mass is 32.2. The van der Waals surface area contributed by atoms with Gasteiger partial charge in [0.1, 0.15) is 11.5 Å². The van der Waals surface area contributed by atoms with Crippen molar-refractivity contribution in [1.82, 2.24) is 10.3 Å². The Labute approximate surface area is 230 Å². The number of nitrogens with one attached hydrogen (secondary N) is 1. The molecule has 1 aromatic carbocycles. The quantitative estimate of drug-likeness (QED) is 0.0867.